The van der Waals surface area contributed by atoms with E-state index < -0.39 is 17.8 Å². The Kier molecular flexibility index (Phi) is 8.38. The van der Waals surface area contributed by atoms with Gasteiger partial charge in [0.25, 0.3) is 0 Å². The molecule has 31 heavy (non-hydrogen) atoms. The molecule has 2 amide bonds. The summed E-state index contributed by atoms with van der Waals surface area (Å²) in [4.78, 5) is 35.6. The van der Waals surface area contributed by atoms with Crippen molar-refractivity contribution in [2.45, 2.75) is 6.92 Å². The summed E-state index contributed by atoms with van der Waals surface area (Å²) in [6.07, 6.45) is 1.32. The fourth-order valence-corrected chi connectivity index (χ4v) is 2.48. The first kappa shape index (κ1) is 23.2. The normalized spacial score (nSPS) is 10.3. The number of carbonyl (C=O) groups excluding carboxylic acids is 3. The van der Waals surface area contributed by atoms with Crippen LogP contribution in [0.15, 0.2) is 41.5 Å². The van der Waals surface area contributed by atoms with E-state index in [0.717, 1.165) is 0 Å². The fraction of sp³-hybridized carbons (Fsp3) is 0.238. The molecule has 0 aliphatic heterocycles. The maximum atomic E-state index is 12.0. The van der Waals surface area contributed by atoms with Gasteiger partial charge in [-0.05, 0) is 43.3 Å². The summed E-state index contributed by atoms with van der Waals surface area (Å²) in [6, 6.07) is 9.18. The maximum absolute atomic E-state index is 12.0. The summed E-state index contributed by atoms with van der Waals surface area (Å²) >= 11 is 0. The quantitative estimate of drug-likeness (QED) is 0.284. The van der Waals surface area contributed by atoms with Crippen molar-refractivity contribution < 1.29 is 33.3 Å². The summed E-state index contributed by atoms with van der Waals surface area (Å²) < 4.78 is 20.6. The smallest absolute Gasteiger partial charge is 0.338 e. The minimum absolute atomic E-state index is 0.258. The molecule has 0 saturated heterocycles. The highest BCUT2D eigenvalue weighted by Crippen LogP contribution is 2.37. The van der Waals surface area contributed by atoms with E-state index >= 15 is 0 Å². The van der Waals surface area contributed by atoms with Gasteiger partial charge in [0.1, 0.15) is 0 Å². The van der Waals surface area contributed by atoms with Crippen molar-refractivity contribution in [2.24, 2.45) is 5.10 Å². The number of hydrogen-bond donors (Lipinski definition) is 2. The molecule has 0 aliphatic rings. The Morgan fingerprint density at radius 3 is 2.06 bits per heavy atom. The lowest BCUT2D eigenvalue weighted by atomic mass is 10.2. The summed E-state index contributed by atoms with van der Waals surface area (Å²) in [6.45, 7) is 1.96. The van der Waals surface area contributed by atoms with Crippen LogP contribution in [-0.4, -0.2) is 51.9 Å². The molecule has 10 heteroatoms. The van der Waals surface area contributed by atoms with Crippen molar-refractivity contribution >= 4 is 29.7 Å². The van der Waals surface area contributed by atoms with Crippen LogP contribution in [0, 0.1) is 0 Å². The lowest BCUT2D eigenvalue weighted by molar-refractivity contribution is -0.136. The number of amides is 2. The Hall–Kier alpha value is -4.08. The predicted molar refractivity (Wildman–Crippen MR) is 113 cm³/mol. The van der Waals surface area contributed by atoms with E-state index in [1.54, 1.807) is 19.1 Å². The number of anilines is 1. The summed E-state index contributed by atoms with van der Waals surface area (Å²) in [5.41, 5.74) is 3.35. The molecule has 0 radical (unpaired) electrons. The minimum Gasteiger partial charge on any atom is -0.493 e. The third-order valence-electron chi connectivity index (χ3n) is 3.93. The molecule has 0 spiro atoms. The van der Waals surface area contributed by atoms with Crippen LogP contribution in [0.5, 0.6) is 17.2 Å². The van der Waals surface area contributed by atoms with Gasteiger partial charge in [-0.1, -0.05) is 0 Å². The van der Waals surface area contributed by atoms with E-state index in [0.29, 0.717) is 34.1 Å². The molecule has 0 aliphatic carbocycles. The lowest BCUT2D eigenvalue weighted by Crippen LogP contribution is -2.32. The molecule has 0 fully saturated rings. The zero-order chi connectivity index (χ0) is 22.8. The van der Waals surface area contributed by atoms with Crippen LogP contribution < -0.4 is 25.0 Å². The van der Waals surface area contributed by atoms with E-state index in [1.165, 1.54) is 51.8 Å². The number of rotatable bonds is 8. The average molecular weight is 429 g/mol. The maximum Gasteiger partial charge on any atom is 0.338 e. The highest BCUT2D eigenvalue weighted by molar-refractivity contribution is 6.39. The largest absolute Gasteiger partial charge is 0.493 e. The Balaban J connectivity index is 1.98. The zero-order valence-corrected chi connectivity index (χ0v) is 17.6. The summed E-state index contributed by atoms with van der Waals surface area (Å²) in [7, 11) is 4.44. The monoisotopic (exact) mass is 429 g/mol. The Morgan fingerprint density at radius 2 is 1.55 bits per heavy atom. The number of benzene rings is 2. The van der Waals surface area contributed by atoms with Gasteiger partial charge in [0.05, 0.1) is 39.7 Å². The molecule has 0 unspecified atom stereocenters. The van der Waals surface area contributed by atoms with Gasteiger partial charge in [0, 0.05) is 11.3 Å². The number of hydrazone groups is 1. The van der Waals surface area contributed by atoms with Gasteiger partial charge in [-0.3, -0.25) is 9.59 Å². The molecule has 0 saturated carbocycles. The molecule has 0 heterocycles. The molecule has 2 rings (SSSR count). The van der Waals surface area contributed by atoms with Crippen LogP contribution in [0.4, 0.5) is 5.69 Å². The number of esters is 1. The zero-order valence-electron chi connectivity index (χ0n) is 17.6. The first-order valence-corrected chi connectivity index (χ1v) is 9.15. The van der Waals surface area contributed by atoms with Crippen molar-refractivity contribution in [1.29, 1.82) is 0 Å². The van der Waals surface area contributed by atoms with Gasteiger partial charge in [-0.15, -0.1) is 0 Å². The van der Waals surface area contributed by atoms with Crippen LogP contribution in [-0.2, 0) is 14.3 Å². The first-order valence-electron chi connectivity index (χ1n) is 9.15. The number of nitrogens with one attached hydrogen (secondary N) is 2. The topological polar surface area (TPSA) is 125 Å². The van der Waals surface area contributed by atoms with Gasteiger partial charge in [0.15, 0.2) is 11.5 Å². The highest BCUT2D eigenvalue weighted by Gasteiger charge is 2.15. The molecule has 2 N–H and O–H groups in total. The standard InChI is InChI=1S/C21H23N3O7/c1-5-31-21(27)14-6-8-15(9-7-14)23-19(25)20(26)24-22-12-13-10-16(28-2)18(30-4)17(11-13)29-3/h6-12H,5H2,1-4H3,(H,23,25)(H,24,26)/b22-12-. The number of nitrogens with zero attached hydrogens (tertiary/aromatic N) is 1. The molecular weight excluding hydrogens is 406 g/mol. The second-order valence-corrected chi connectivity index (χ2v) is 5.91. The van der Waals surface area contributed by atoms with Crippen LogP contribution in [0.1, 0.15) is 22.8 Å². The molecule has 164 valence electrons. The van der Waals surface area contributed by atoms with Crippen molar-refractivity contribution in [3.8, 4) is 17.2 Å². The van der Waals surface area contributed by atoms with Gasteiger partial charge in [0.2, 0.25) is 5.75 Å². The number of methoxy groups -OCH3 is 3. The van der Waals surface area contributed by atoms with Gasteiger partial charge in [-0.25, -0.2) is 10.2 Å². The number of ether oxygens (including phenoxy) is 4. The van der Waals surface area contributed by atoms with E-state index in [4.69, 9.17) is 18.9 Å². The first-order chi connectivity index (χ1) is 14.9. The minimum atomic E-state index is -0.974. The fourth-order valence-electron chi connectivity index (χ4n) is 2.48. The van der Waals surface area contributed by atoms with E-state index in [9.17, 15) is 14.4 Å². The third kappa shape index (κ3) is 6.20. The van der Waals surface area contributed by atoms with Gasteiger partial charge in [-0.2, -0.15) is 5.10 Å². The van der Waals surface area contributed by atoms with Crippen LogP contribution in [0.25, 0.3) is 0 Å². The number of carbonyl (C=O) groups is 3. The molecule has 0 bridgehead atoms. The Morgan fingerprint density at radius 1 is 0.935 bits per heavy atom. The molecule has 2 aromatic rings. The second-order valence-electron chi connectivity index (χ2n) is 5.91. The highest BCUT2D eigenvalue weighted by atomic mass is 16.5. The van der Waals surface area contributed by atoms with E-state index in [-0.39, 0.29) is 6.61 Å². The molecule has 0 aromatic heterocycles. The average Bonchev–Trinajstić information content (AvgIpc) is 2.78. The van der Waals surface area contributed by atoms with Gasteiger partial charge < -0.3 is 24.3 Å². The predicted octanol–water partition coefficient (Wildman–Crippen LogP) is 1.98. The number of hydrogen-bond acceptors (Lipinski definition) is 8. The van der Waals surface area contributed by atoms with Gasteiger partial charge >= 0.3 is 17.8 Å². The molecule has 0 atom stereocenters. The second kappa shape index (κ2) is 11.2. The van der Waals surface area contributed by atoms with Crippen LogP contribution in [0.2, 0.25) is 0 Å². The van der Waals surface area contributed by atoms with Crippen molar-refractivity contribution in [3.05, 3.63) is 47.5 Å². The molecule has 10 nitrogen and oxygen atoms in total. The van der Waals surface area contributed by atoms with E-state index in [1.807, 2.05) is 0 Å². The molecule has 2 aromatic carbocycles. The molecular formula is C21H23N3O7. The lowest BCUT2D eigenvalue weighted by Gasteiger charge is -2.12. The SMILES string of the molecule is CCOC(=O)c1ccc(NC(=O)C(=O)N/N=C\c2cc(OC)c(OC)c(OC)c2)cc1. The summed E-state index contributed by atoms with van der Waals surface area (Å²) in [5.74, 6) is -1.12. The van der Waals surface area contributed by atoms with Crippen molar-refractivity contribution in [2.75, 3.05) is 33.3 Å². The third-order valence-corrected chi connectivity index (χ3v) is 3.93. The van der Waals surface area contributed by atoms with Crippen LogP contribution in [0.3, 0.4) is 0 Å². The van der Waals surface area contributed by atoms with Crippen LogP contribution >= 0.6 is 0 Å². The van der Waals surface area contributed by atoms with Crippen molar-refractivity contribution in [3.63, 3.8) is 0 Å². The Bertz CT molecular complexity index is 946. The van der Waals surface area contributed by atoms with Crippen molar-refractivity contribution in [1.82, 2.24) is 5.43 Å². The van der Waals surface area contributed by atoms with E-state index in [2.05, 4.69) is 15.8 Å². The summed E-state index contributed by atoms with van der Waals surface area (Å²) in [5, 5.41) is 6.18. The Labute approximate surface area is 179 Å².